The quantitative estimate of drug-likeness (QED) is 0.769. The fraction of sp³-hybridized carbons (Fsp3) is 1.00. The van der Waals surface area contributed by atoms with Gasteiger partial charge < -0.3 is 5.32 Å². The van der Waals surface area contributed by atoms with Crippen molar-refractivity contribution in [3.63, 3.8) is 0 Å². The van der Waals surface area contributed by atoms with Crippen molar-refractivity contribution in [2.24, 2.45) is 23.7 Å². The van der Waals surface area contributed by atoms with E-state index in [2.05, 4.69) is 26.2 Å². The van der Waals surface area contributed by atoms with E-state index in [1.807, 2.05) is 0 Å². The minimum Gasteiger partial charge on any atom is -0.316 e. The molecule has 1 N–H and O–H groups in total. The van der Waals surface area contributed by atoms with Gasteiger partial charge in [0.15, 0.2) is 0 Å². The maximum atomic E-state index is 3.69. The Morgan fingerprint density at radius 1 is 1.00 bits per heavy atom. The second kappa shape index (κ2) is 6.93. The van der Waals surface area contributed by atoms with Crippen LogP contribution in [0.5, 0.6) is 0 Å². The van der Waals surface area contributed by atoms with Crippen LogP contribution < -0.4 is 5.32 Å². The zero-order valence-corrected chi connectivity index (χ0v) is 12.8. The average molecular weight is 251 g/mol. The Morgan fingerprint density at radius 2 is 1.72 bits per heavy atom. The molecular formula is C17H33N. The van der Waals surface area contributed by atoms with Crippen molar-refractivity contribution in [3.8, 4) is 0 Å². The van der Waals surface area contributed by atoms with Crippen LogP contribution >= 0.6 is 0 Å². The first-order valence-electron chi connectivity index (χ1n) is 8.41. The van der Waals surface area contributed by atoms with Crippen LogP contribution in [0, 0.1) is 23.7 Å². The highest BCUT2D eigenvalue weighted by Gasteiger charge is 2.33. The number of hydrogen-bond acceptors (Lipinski definition) is 1. The standard InChI is InChI=1S/C17H33N/c1-4-14-8-10-15(11-9-14)17(18-3)16-7-5-6-13(2)12-16/h13-18H,4-12H2,1-3H3. The van der Waals surface area contributed by atoms with E-state index in [1.54, 1.807) is 0 Å². The summed E-state index contributed by atoms with van der Waals surface area (Å²) in [5.74, 6) is 3.92. The summed E-state index contributed by atoms with van der Waals surface area (Å²) in [7, 11) is 2.20. The Morgan fingerprint density at radius 3 is 2.28 bits per heavy atom. The third-order valence-electron chi connectivity index (χ3n) is 5.79. The highest BCUT2D eigenvalue weighted by atomic mass is 14.9. The molecule has 1 nitrogen and oxygen atoms in total. The first-order valence-corrected chi connectivity index (χ1v) is 8.41. The van der Waals surface area contributed by atoms with E-state index in [1.165, 1.54) is 57.8 Å². The van der Waals surface area contributed by atoms with Crippen molar-refractivity contribution in [1.29, 1.82) is 0 Å². The maximum Gasteiger partial charge on any atom is 0.0121 e. The Hall–Kier alpha value is -0.0400. The van der Waals surface area contributed by atoms with E-state index in [-0.39, 0.29) is 0 Å². The van der Waals surface area contributed by atoms with E-state index >= 15 is 0 Å². The predicted molar refractivity (Wildman–Crippen MR) is 79.7 cm³/mol. The minimum absolute atomic E-state index is 0.811. The molecule has 0 radical (unpaired) electrons. The van der Waals surface area contributed by atoms with E-state index < -0.39 is 0 Å². The van der Waals surface area contributed by atoms with Gasteiger partial charge in [-0.3, -0.25) is 0 Å². The Bertz CT molecular complexity index is 230. The van der Waals surface area contributed by atoms with Crippen molar-refractivity contribution in [3.05, 3.63) is 0 Å². The van der Waals surface area contributed by atoms with Gasteiger partial charge in [0.05, 0.1) is 0 Å². The molecule has 18 heavy (non-hydrogen) atoms. The molecule has 0 bridgehead atoms. The predicted octanol–water partition coefficient (Wildman–Crippen LogP) is 4.62. The van der Waals surface area contributed by atoms with Crippen molar-refractivity contribution in [2.75, 3.05) is 7.05 Å². The second-order valence-electron chi connectivity index (χ2n) is 7.04. The van der Waals surface area contributed by atoms with Gasteiger partial charge in [-0.25, -0.2) is 0 Å². The fourth-order valence-corrected chi connectivity index (χ4v) is 4.62. The van der Waals surface area contributed by atoms with Crippen LogP contribution in [0.25, 0.3) is 0 Å². The highest BCUT2D eigenvalue weighted by Crippen LogP contribution is 2.39. The summed E-state index contributed by atoms with van der Waals surface area (Å²) in [6.45, 7) is 4.82. The van der Waals surface area contributed by atoms with Crippen molar-refractivity contribution in [1.82, 2.24) is 5.32 Å². The van der Waals surface area contributed by atoms with Crippen LogP contribution in [0.3, 0.4) is 0 Å². The lowest BCUT2D eigenvalue weighted by molar-refractivity contribution is 0.141. The highest BCUT2D eigenvalue weighted by molar-refractivity contribution is 4.88. The molecule has 0 amide bonds. The molecule has 0 aromatic heterocycles. The molecule has 106 valence electrons. The molecular weight excluding hydrogens is 218 g/mol. The van der Waals surface area contributed by atoms with Gasteiger partial charge in [0.1, 0.15) is 0 Å². The summed E-state index contributed by atoms with van der Waals surface area (Å²) in [4.78, 5) is 0. The van der Waals surface area contributed by atoms with Crippen molar-refractivity contribution in [2.45, 2.75) is 77.7 Å². The molecule has 0 heterocycles. The molecule has 2 saturated carbocycles. The van der Waals surface area contributed by atoms with E-state index in [0.717, 1.165) is 29.7 Å². The van der Waals surface area contributed by atoms with Crippen molar-refractivity contribution < 1.29 is 0 Å². The van der Waals surface area contributed by atoms with E-state index in [4.69, 9.17) is 0 Å². The van der Waals surface area contributed by atoms with Crippen LogP contribution in [0.15, 0.2) is 0 Å². The molecule has 2 fully saturated rings. The molecule has 3 atom stereocenters. The summed E-state index contributed by atoms with van der Waals surface area (Å²) in [5, 5.41) is 3.69. The van der Waals surface area contributed by atoms with Gasteiger partial charge in [-0.2, -0.15) is 0 Å². The van der Waals surface area contributed by atoms with E-state index in [9.17, 15) is 0 Å². The smallest absolute Gasteiger partial charge is 0.0121 e. The average Bonchev–Trinajstić information content (AvgIpc) is 2.40. The number of rotatable bonds is 4. The second-order valence-corrected chi connectivity index (χ2v) is 7.04. The summed E-state index contributed by atoms with van der Waals surface area (Å²) in [6.07, 6.45) is 13.2. The van der Waals surface area contributed by atoms with Crippen molar-refractivity contribution >= 4 is 0 Å². The van der Waals surface area contributed by atoms with Crippen LogP contribution in [0.1, 0.15) is 71.6 Å². The van der Waals surface area contributed by atoms with Gasteiger partial charge in [-0.15, -0.1) is 0 Å². The molecule has 3 unspecified atom stereocenters. The summed E-state index contributed by atoms with van der Waals surface area (Å²) in [6, 6.07) is 0.811. The lowest BCUT2D eigenvalue weighted by atomic mass is 9.70. The third-order valence-corrected chi connectivity index (χ3v) is 5.79. The molecule has 0 aliphatic heterocycles. The largest absolute Gasteiger partial charge is 0.316 e. The molecule has 0 saturated heterocycles. The summed E-state index contributed by atoms with van der Waals surface area (Å²) < 4.78 is 0. The zero-order valence-electron chi connectivity index (χ0n) is 12.8. The van der Waals surface area contributed by atoms with Gasteiger partial charge in [-0.1, -0.05) is 46.0 Å². The topological polar surface area (TPSA) is 12.0 Å². The third kappa shape index (κ3) is 3.50. The molecule has 2 rings (SSSR count). The lowest BCUT2D eigenvalue weighted by Crippen LogP contribution is -2.43. The summed E-state index contributed by atoms with van der Waals surface area (Å²) >= 11 is 0. The maximum absolute atomic E-state index is 3.69. The van der Waals surface area contributed by atoms with Gasteiger partial charge in [0.2, 0.25) is 0 Å². The first kappa shape index (κ1) is 14.4. The molecule has 2 aliphatic rings. The van der Waals surface area contributed by atoms with Crippen LogP contribution in [0.4, 0.5) is 0 Å². The normalized spacial score (nSPS) is 39.5. The lowest BCUT2D eigenvalue weighted by Gasteiger charge is -2.40. The van der Waals surface area contributed by atoms with E-state index in [0.29, 0.717) is 0 Å². The van der Waals surface area contributed by atoms with Gasteiger partial charge >= 0.3 is 0 Å². The van der Waals surface area contributed by atoms with Crippen LogP contribution in [-0.4, -0.2) is 13.1 Å². The molecule has 0 spiro atoms. The first-order chi connectivity index (χ1) is 8.74. The Labute approximate surface area is 114 Å². The molecule has 0 aromatic carbocycles. The van der Waals surface area contributed by atoms with Gasteiger partial charge in [-0.05, 0) is 56.4 Å². The van der Waals surface area contributed by atoms with Gasteiger partial charge in [0, 0.05) is 6.04 Å². The fourth-order valence-electron chi connectivity index (χ4n) is 4.62. The Balaban J connectivity index is 1.88. The van der Waals surface area contributed by atoms with Crippen LogP contribution in [-0.2, 0) is 0 Å². The Kier molecular flexibility index (Phi) is 5.54. The monoisotopic (exact) mass is 251 g/mol. The molecule has 0 aromatic rings. The van der Waals surface area contributed by atoms with Gasteiger partial charge in [0.25, 0.3) is 0 Å². The number of nitrogens with one attached hydrogen (secondary N) is 1. The minimum atomic E-state index is 0.811. The van der Waals surface area contributed by atoms with Crippen LogP contribution in [0.2, 0.25) is 0 Å². The SMILES string of the molecule is CCC1CCC(C(NC)C2CCCC(C)C2)CC1. The molecule has 2 aliphatic carbocycles. The molecule has 1 heteroatoms. The zero-order chi connectivity index (χ0) is 13.0. The summed E-state index contributed by atoms with van der Waals surface area (Å²) in [5.41, 5.74) is 0. The number of hydrogen-bond donors (Lipinski definition) is 1.